The molecular weight excluding hydrogens is 292 g/mol. The van der Waals surface area contributed by atoms with Crippen molar-refractivity contribution >= 4 is 11.8 Å². The number of aliphatic hydroxyl groups excluding tert-OH is 1. The lowest BCUT2D eigenvalue weighted by molar-refractivity contribution is 0.0492. The summed E-state index contributed by atoms with van der Waals surface area (Å²) in [5, 5.41) is 12.8. The summed E-state index contributed by atoms with van der Waals surface area (Å²) in [5.41, 5.74) is 1.45. The van der Waals surface area contributed by atoms with E-state index in [0.717, 1.165) is 18.7 Å². The first-order valence-electron chi connectivity index (χ1n) is 8.35. The number of ether oxygens (including phenoxy) is 1. The Morgan fingerprint density at radius 2 is 1.83 bits per heavy atom. The van der Waals surface area contributed by atoms with Crippen LogP contribution in [0.4, 0.5) is 10.5 Å². The summed E-state index contributed by atoms with van der Waals surface area (Å²) in [5.74, 6) is 0. The highest BCUT2D eigenvalue weighted by Gasteiger charge is 2.17. The van der Waals surface area contributed by atoms with E-state index in [1.807, 2.05) is 45.0 Å². The molecule has 1 saturated heterocycles. The summed E-state index contributed by atoms with van der Waals surface area (Å²) in [6, 6.07) is 7.92. The van der Waals surface area contributed by atoms with E-state index in [1.54, 1.807) is 0 Å². The molecule has 1 atom stereocenters. The lowest BCUT2D eigenvalue weighted by Gasteiger charge is -2.29. The zero-order chi connectivity index (χ0) is 16.9. The molecule has 1 fully saturated rings. The minimum Gasteiger partial charge on any atom is -0.444 e. The van der Waals surface area contributed by atoms with E-state index >= 15 is 0 Å². The van der Waals surface area contributed by atoms with Gasteiger partial charge in [-0.1, -0.05) is 12.1 Å². The van der Waals surface area contributed by atoms with Gasteiger partial charge in [0.2, 0.25) is 0 Å². The topological polar surface area (TPSA) is 61.8 Å². The largest absolute Gasteiger partial charge is 0.444 e. The van der Waals surface area contributed by atoms with Crippen LogP contribution < -0.4 is 10.2 Å². The quantitative estimate of drug-likeness (QED) is 0.894. The third kappa shape index (κ3) is 5.75. The Morgan fingerprint density at radius 3 is 2.39 bits per heavy atom. The zero-order valence-corrected chi connectivity index (χ0v) is 14.3. The van der Waals surface area contributed by atoms with E-state index in [9.17, 15) is 9.90 Å². The number of hydrogen-bond acceptors (Lipinski definition) is 4. The number of nitrogens with one attached hydrogen (secondary N) is 1. The third-order valence-corrected chi connectivity index (χ3v) is 3.84. The van der Waals surface area contributed by atoms with Crippen LogP contribution in [0, 0.1) is 0 Å². The number of carbonyl (C=O) groups excluding carboxylic acids is 1. The van der Waals surface area contributed by atoms with Crippen LogP contribution in [0.1, 0.15) is 51.7 Å². The molecule has 0 radical (unpaired) electrons. The van der Waals surface area contributed by atoms with Crippen molar-refractivity contribution in [3.63, 3.8) is 0 Å². The third-order valence-electron chi connectivity index (χ3n) is 3.84. The van der Waals surface area contributed by atoms with Crippen molar-refractivity contribution in [1.29, 1.82) is 0 Å². The van der Waals surface area contributed by atoms with Crippen LogP contribution in [-0.2, 0) is 4.74 Å². The maximum atomic E-state index is 11.6. The number of hydrogen-bond donors (Lipinski definition) is 2. The van der Waals surface area contributed by atoms with Crippen molar-refractivity contribution in [1.82, 2.24) is 5.32 Å². The number of nitrogens with zero attached hydrogens (tertiary/aromatic N) is 1. The molecule has 5 heteroatoms. The molecule has 1 aliphatic heterocycles. The van der Waals surface area contributed by atoms with Crippen LogP contribution in [0.3, 0.4) is 0 Å². The first-order chi connectivity index (χ1) is 10.8. The van der Waals surface area contributed by atoms with Gasteiger partial charge in [-0.25, -0.2) is 4.79 Å². The van der Waals surface area contributed by atoms with E-state index in [2.05, 4.69) is 10.2 Å². The van der Waals surface area contributed by atoms with E-state index < -0.39 is 17.8 Å². The minimum absolute atomic E-state index is 0.137. The van der Waals surface area contributed by atoms with Crippen molar-refractivity contribution in [2.24, 2.45) is 0 Å². The van der Waals surface area contributed by atoms with E-state index in [4.69, 9.17) is 4.74 Å². The van der Waals surface area contributed by atoms with Crippen LogP contribution in [-0.4, -0.2) is 36.4 Å². The Hall–Kier alpha value is -1.75. The second-order valence-electron chi connectivity index (χ2n) is 7.04. The summed E-state index contributed by atoms with van der Waals surface area (Å²) in [4.78, 5) is 14.0. The van der Waals surface area contributed by atoms with Gasteiger partial charge < -0.3 is 20.1 Å². The van der Waals surface area contributed by atoms with Crippen LogP contribution >= 0.6 is 0 Å². The summed E-state index contributed by atoms with van der Waals surface area (Å²) in [7, 11) is 0. The van der Waals surface area contributed by atoms with Gasteiger partial charge in [0.25, 0.3) is 0 Å². The molecule has 0 unspecified atom stereocenters. The number of rotatable bonds is 4. The average molecular weight is 320 g/mol. The molecule has 128 valence electrons. The van der Waals surface area contributed by atoms with Gasteiger partial charge in [0.1, 0.15) is 5.60 Å². The monoisotopic (exact) mass is 320 g/mol. The number of anilines is 1. The number of aliphatic hydroxyl groups is 1. The number of amides is 1. The maximum Gasteiger partial charge on any atom is 0.407 e. The number of carbonyl (C=O) groups is 1. The highest BCUT2D eigenvalue weighted by molar-refractivity contribution is 5.67. The van der Waals surface area contributed by atoms with E-state index in [-0.39, 0.29) is 6.54 Å². The Morgan fingerprint density at radius 1 is 1.22 bits per heavy atom. The predicted molar refractivity (Wildman–Crippen MR) is 91.7 cm³/mol. The molecule has 1 aliphatic rings. The predicted octanol–water partition coefficient (Wildman–Crippen LogP) is 3.24. The van der Waals surface area contributed by atoms with Gasteiger partial charge in [-0.15, -0.1) is 0 Å². The van der Waals surface area contributed by atoms with E-state index in [1.165, 1.54) is 24.9 Å². The fourth-order valence-electron chi connectivity index (χ4n) is 2.67. The standard InChI is InChI=1S/C18H28N2O3/c1-18(2,3)23-17(22)19-13-16(21)14-7-9-15(10-8-14)20-11-5-4-6-12-20/h7-10,16,21H,4-6,11-13H2,1-3H3,(H,19,22)/t16-/m1/s1. The highest BCUT2D eigenvalue weighted by atomic mass is 16.6. The molecule has 0 saturated carbocycles. The van der Waals surface area contributed by atoms with Crippen LogP contribution in [0.15, 0.2) is 24.3 Å². The molecule has 1 amide bonds. The lowest BCUT2D eigenvalue weighted by Crippen LogP contribution is -2.34. The molecule has 23 heavy (non-hydrogen) atoms. The Balaban J connectivity index is 1.85. The van der Waals surface area contributed by atoms with Gasteiger partial charge in [0, 0.05) is 18.8 Å². The molecule has 0 aromatic heterocycles. The average Bonchev–Trinajstić information content (AvgIpc) is 2.52. The lowest BCUT2D eigenvalue weighted by atomic mass is 10.1. The van der Waals surface area contributed by atoms with Crippen LogP contribution in [0.2, 0.25) is 0 Å². The summed E-state index contributed by atoms with van der Waals surface area (Å²) in [6.45, 7) is 7.76. The SMILES string of the molecule is CC(C)(C)OC(=O)NC[C@@H](O)c1ccc(N2CCCCC2)cc1. The number of benzene rings is 1. The fourth-order valence-corrected chi connectivity index (χ4v) is 2.67. The summed E-state index contributed by atoms with van der Waals surface area (Å²) >= 11 is 0. The molecule has 2 rings (SSSR count). The molecule has 2 N–H and O–H groups in total. The second-order valence-corrected chi connectivity index (χ2v) is 7.04. The normalized spacial score (nSPS) is 16.8. The van der Waals surface area contributed by atoms with Crippen LogP contribution in [0.5, 0.6) is 0 Å². The Kier molecular flexibility index (Phi) is 5.88. The second kappa shape index (κ2) is 7.68. The Bertz CT molecular complexity index is 502. The van der Waals surface area contributed by atoms with Crippen molar-refractivity contribution in [2.75, 3.05) is 24.5 Å². The highest BCUT2D eigenvalue weighted by Crippen LogP contribution is 2.22. The van der Waals surface area contributed by atoms with Gasteiger partial charge in [-0.2, -0.15) is 0 Å². The van der Waals surface area contributed by atoms with E-state index in [0.29, 0.717) is 0 Å². The molecule has 0 bridgehead atoms. The molecule has 0 spiro atoms. The molecule has 1 aromatic rings. The molecule has 0 aliphatic carbocycles. The zero-order valence-electron chi connectivity index (χ0n) is 14.3. The molecule has 5 nitrogen and oxygen atoms in total. The van der Waals surface area contributed by atoms with Gasteiger partial charge in [0.15, 0.2) is 0 Å². The molecular formula is C18H28N2O3. The van der Waals surface area contributed by atoms with Gasteiger partial charge >= 0.3 is 6.09 Å². The van der Waals surface area contributed by atoms with Crippen molar-refractivity contribution in [3.8, 4) is 0 Å². The summed E-state index contributed by atoms with van der Waals surface area (Å²) < 4.78 is 5.15. The number of piperidine rings is 1. The summed E-state index contributed by atoms with van der Waals surface area (Å²) in [6.07, 6.45) is 2.54. The number of alkyl carbamates (subject to hydrolysis) is 1. The molecule has 1 heterocycles. The van der Waals surface area contributed by atoms with Crippen molar-refractivity contribution in [3.05, 3.63) is 29.8 Å². The maximum absolute atomic E-state index is 11.6. The smallest absolute Gasteiger partial charge is 0.407 e. The first-order valence-corrected chi connectivity index (χ1v) is 8.35. The minimum atomic E-state index is -0.738. The fraction of sp³-hybridized carbons (Fsp3) is 0.611. The van der Waals surface area contributed by atoms with Gasteiger partial charge in [-0.3, -0.25) is 0 Å². The Labute approximate surface area is 138 Å². The van der Waals surface area contributed by atoms with Crippen molar-refractivity contribution in [2.45, 2.75) is 51.7 Å². The first kappa shape index (κ1) is 17.6. The molecule has 1 aromatic carbocycles. The van der Waals surface area contributed by atoms with Crippen molar-refractivity contribution < 1.29 is 14.6 Å². The van der Waals surface area contributed by atoms with Gasteiger partial charge in [0.05, 0.1) is 12.6 Å². The van der Waals surface area contributed by atoms with Crippen LogP contribution in [0.25, 0.3) is 0 Å². The van der Waals surface area contributed by atoms with Gasteiger partial charge in [-0.05, 0) is 57.7 Å².